The number of nitrogens with one attached hydrogen (secondary N) is 1. The van der Waals surface area contributed by atoms with Crippen molar-refractivity contribution in [3.05, 3.63) is 33.3 Å². The highest BCUT2D eigenvalue weighted by Crippen LogP contribution is 2.22. The summed E-state index contributed by atoms with van der Waals surface area (Å²) in [7, 11) is 0. The summed E-state index contributed by atoms with van der Waals surface area (Å²) in [4.78, 5) is 0. The zero-order chi connectivity index (χ0) is 12.3. The van der Waals surface area contributed by atoms with Crippen LogP contribution in [-0.2, 0) is 11.3 Å². The fraction of sp³-hybridized carbons (Fsp3) is 0.538. The molecule has 1 heterocycles. The molecule has 1 aromatic rings. The predicted octanol–water partition coefficient (Wildman–Crippen LogP) is 3.62. The van der Waals surface area contributed by atoms with Crippen LogP contribution in [0.5, 0.6) is 0 Å². The SMILES string of the molecule is CC(NCc1ccc(Br)cc1Cl)C1CCOC1. The van der Waals surface area contributed by atoms with Gasteiger partial charge >= 0.3 is 0 Å². The Morgan fingerprint density at radius 1 is 1.59 bits per heavy atom. The Bertz CT molecular complexity index is 380. The van der Waals surface area contributed by atoms with Gasteiger partial charge in [-0.25, -0.2) is 0 Å². The van der Waals surface area contributed by atoms with E-state index < -0.39 is 0 Å². The second-order valence-corrected chi connectivity index (χ2v) is 5.85. The van der Waals surface area contributed by atoms with Crippen LogP contribution in [0.3, 0.4) is 0 Å². The average molecular weight is 319 g/mol. The maximum Gasteiger partial charge on any atom is 0.0509 e. The van der Waals surface area contributed by atoms with Crippen molar-refractivity contribution < 1.29 is 4.74 Å². The first-order valence-electron chi connectivity index (χ1n) is 5.92. The third-order valence-corrected chi connectivity index (χ3v) is 4.15. The minimum atomic E-state index is 0.470. The van der Waals surface area contributed by atoms with Gasteiger partial charge in [0.25, 0.3) is 0 Å². The first-order valence-corrected chi connectivity index (χ1v) is 7.09. The zero-order valence-corrected chi connectivity index (χ0v) is 12.2. The molecule has 0 saturated carbocycles. The van der Waals surface area contributed by atoms with Crippen LogP contribution in [0, 0.1) is 5.92 Å². The summed E-state index contributed by atoms with van der Waals surface area (Å²) in [5.41, 5.74) is 1.14. The third-order valence-electron chi connectivity index (χ3n) is 3.30. The molecule has 1 aliphatic heterocycles. The summed E-state index contributed by atoms with van der Waals surface area (Å²) in [6.07, 6.45) is 1.15. The molecule has 1 N–H and O–H groups in total. The molecule has 0 amide bonds. The van der Waals surface area contributed by atoms with E-state index in [1.54, 1.807) is 0 Å². The second kappa shape index (κ2) is 6.19. The molecule has 2 rings (SSSR count). The standard InChI is InChI=1S/C13H17BrClNO/c1-9(11-4-5-17-8-11)16-7-10-2-3-12(14)6-13(10)15/h2-3,6,9,11,16H,4-5,7-8H2,1H3. The zero-order valence-electron chi connectivity index (χ0n) is 9.88. The maximum absolute atomic E-state index is 6.18. The molecule has 0 aliphatic carbocycles. The van der Waals surface area contributed by atoms with Gasteiger partial charge in [0.2, 0.25) is 0 Å². The van der Waals surface area contributed by atoms with Crippen molar-refractivity contribution >= 4 is 27.5 Å². The Kier molecular flexibility index (Phi) is 4.86. The van der Waals surface area contributed by atoms with E-state index in [2.05, 4.69) is 34.2 Å². The van der Waals surface area contributed by atoms with Crippen LogP contribution in [0.25, 0.3) is 0 Å². The molecule has 1 fully saturated rings. The molecule has 1 aliphatic rings. The van der Waals surface area contributed by atoms with Gasteiger partial charge in [-0.15, -0.1) is 0 Å². The topological polar surface area (TPSA) is 21.3 Å². The second-order valence-electron chi connectivity index (χ2n) is 4.53. The summed E-state index contributed by atoms with van der Waals surface area (Å²) in [5.74, 6) is 0.629. The molecular formula is C13H17BrClNO. The highest BCUT2D eigenvalue weighted by Gasteiger charge is 2.21. The molecule has 1 saturated heterocycles. The average Bonchev–Trinajstić information content (AvgIpc) is 2.81. The molecule has 0 aromatic heterocycles. The van der Waals surface area contributed by atoms with Crippen LogP contribution in [0.1, 0.15) is 18.9 Å². The van der Waals surface area contributed by atoms with Gasteiger partial charge in [-0.1, -0.05) is 33.6 Å². The van der Waals surface area contributed by atoms with E-state index in [0.717, 1.165) is 41.2 Å². The molecule has 94 valence electrons. The van der Waals surface area contributed by atoms with E-state index >= 15 is 0 Å². The smallest absolute Gasteiger partial charge is 0.0509 e. The number of hydrogen-bond acceptors (Lipinski definition) is 2. The summed E-state index contributed by atoms with van der Waals surface area (Å²) in [5, 5.41) is 4.33. The molecule has 4 heteroatoms. The predicted molar refractivity (Wildman–Crippen MR) is 74.4 cm³/mol. The Hall–Kier alpha value is -0.0900. The lowest BCUT2D eigenvalue weighted by Gasteiger charge is -2.19. The van der Waals surface area contributed by atoms with Crippen LogP contribution in [0.2, 0.25) is 5.02 Å². The fourth-order valence-electron chi connectivity index (χ4n) is 2.05. The van der Waals surface area contributed by atoms with Crippen molar-refractivity contribution in [3.8, 4) is 0 Å². The molecule has 2 nitrogen and oxygen atoms in total. The van der Waals surface area contributed by atoms with Gasteiger partial charge in [-0.3, -0.25) is 0 Å². The van der Waals surface area contributed by atoms with Gasteiger partial charge in [-0.2, -0.15) is 0 Å². The fourth-order valence-corrected chi connectivity index (χ4v) is 2.79. The minimum absolute atomic E-state index is 0.470. The molecule has 2 atom stereocenters. The lowest BCUT2D eigenvalue weighted by atomic mass is 10.0. The number of rotatable bonds is 4. The lowest BCUT2D eigenvalue weighted by molar-refractivity contribution is 0.178. The Morgan fingerprint density at radius 3 is 3.06 bits per heavy atom. The number of ether oxygens (including phenoxy) is 1. The van der Waals surface area contributed by atoms with Crippen LogP contribution < -0.4 is 5.32 Å². The molecule has 0 bridgehead atoms. The lowest BCUT2D eigenvalue weighted by Crippen LogP contribution is -2.33. The van der Waals surface area contributed by atoms with E-state index in [9.17, 15) is 0 Å². The highest BCUT2D eigenvalue weighted by atomic mass is 79.9. The molecule has 0 radical (unpaired) electrons. The van der Waals surface area contributed by atoms with E-state index in [0.29, 0.717) is 12.0 Å². The van der Waals surface area contributed by atoms with Crippen LogP contribution in [-0.4, -0.2) is 19.3 Å². The number of benzene rings is 1. The Labute approximate surface area is 116 Å². The largest absolute Gasteiger partial charge is 0.381 e. The van der Waals surface area contributed by atoms with Crippen molar-refractivity contribution in [1.29, 1.82) is 0 Å². The molecular weight excluding hydrogens is 302 g/mol. The van der Waals surface area contributed by atoms with Gasteiger partial charge in [0.05, 0.1) is 6.61 Å². The van der Waals surface area contributed by atoms with Crippen LogP contribution in [0.4, 0.5) is 0 Å². The number of hydrogen-bond donors (Lipinski definition) is 1. The van der Waals surface area contributed by atoms with E-state index in [1.807, 2.05) is 12.1 Å². The first kappa shape index (κ1) is 13.3. The molecule has 2 unspecified atom stereocenters. The summed E-state index contributed by atoms with van der Waals surface area (Å²) in [6, 6.07) is 6.48. The van der Waals surface area contributed by atoms with Gasteiger partial charge in [0, 0.05) is 28.7 Å². The van der Waals surface area contributed by atoms with Crippen LogP contribution in [0.15, 0.2) is 22.7 Å². The number of halogens is 2. The maximum atomic E-state index is 6.18. The Balaban J connectivity index is 1.88. The minimum Gasteiger partial charge on any atom is -0.381 e. The molecule has 0 spiro atoms. The Morgan fingerprint density at radius 2 is 2.41 bits per heavy atom. The van der Waals surface area contributed by atoms with Crippen molar-refractivity contribution in [2.45, 2.75) is 25.9 Å². The van der Waals surface area contributed by atoms with Gasteiger partial charge in [0.15, 0.2) is 0 Å². The van der Waals surface area contributed by atoms with Gasteiger partial charge in [-0.05, 0) is 37.0 Å². The molecule has 1 aromatic carbocycles. The van der Waals surface area contributed by atoms with Crippen molar-refractivity contribution in [2.75, 3.05) is 13.2 Å². The van der Waals surface area contributed by atoms with E-state index in [-0.39, 0.29) is 0 Å². The highest BCUT2D eigenvalue weighted by molar-refractivity contribution is 9.10. The quantitative estimate of drug-likeness (QED) is 0.915. The van der Waals surface area contributed by atoms with Gasteiger partial charge in [0.1, 0.15) is 0 Å². The third kappa shape index (κ3) is 3.68. The van der Waals surface area contributed by atoms with Crippen molar-refractivity contribution in [2.24, 2.45) is 5.92 Å². The summed E-state index contributed by atoms with van der Waals surface area (Å²) < 4.78 is 6.41. The van der Waals surface area contributed by atoms with Gasteiger partial charge < -0.3 is 10.1 Å². The van der Waals surface area contributed by atoms with Crippen LogP contribution >= 0.6 is 27.5 Å². The van der Waals surface area contributed by atoms with Crippen molar-refractivity contribution in [1.82, 2.24) is 5.32 Å². The normalized spacial score (nSPS) is 21.7. The summed E-state index contributed by atoms with van der Waals surface area (Å²) >= 11 is 9.59. The molecule has 17 heavy (non-hydrogen) atoms. The van der Waals surface area contributed by atoms with Crippen molar-refractivity contribution in [3.63, 3.8) is 0 Å². The monoisotopic (exact) mass is 317 g/mol. The van der Waals surface area contributed by atoms with E-state index in [4.69, 9.17) is 16.3 Å². The summed E-state index contributed by atoms with van der Waals surface area (Å²) in [6.45, 7) is 4.80. The first-order chi connectivity index (χ1) is 8.16. The van der Waals surface area contributed by atoms with E-state index in [1.165, 1.54) is 0 Å².